The predicted molar refractivity (Wildman–Crippen MR) is 114 cm³/mol. The van der Waals surface area contributed by atoms with Crippen LogP contribution in [0, 0.1) is 17.5 Å². The molecule has 0 amide bonds. The fraction of sp³-hybridized carbons (Fsp3) is 0.231. The van der Waals surface area contributed by atoms with Gasteiger partial charge in [-0.15, -0.1) is 6.58 Å². The van der Waals surface area contributed by atoms with Gasteiger partial charge in [0.1, 0.15) is 5.82 Å². The molecule has 0 N–H and O–H groups in total. The van der Waals surface area contributed by atoms with Crippen molar-refractivity contribution in [3.8, 4) is 22.3 Å². The van der Waals surface area contributed by atoms with Crippen LogP contribution in [-0.4, -0.2) is 13.2 Å². The summed E-state index contributed by atoms with van der Waals surface area (Å²) in [5.41, 5.74) is 3.29. The van der Waals surface area contributed by atoms with Crippen LogP contribution >= 0.6 is 0 Å². The number of halogens is 3. The van der Waals surface area contributed by atoms with Crippen molar-refractivity contribution in [2.45, 2.75) is 25.2 Å². The largest absolute Gasteiger partial charge is 0.381 e. The summed E-state index contributed by atoms with van der Waals surface area (Å²) in [4.78, 5) is 0. The molecule has 1 unspecified atom stereocenters. The Labute approximate surface area is 174 Å². The van der Waals surface area contributed by atoms with E-state index < -0.39 is 11.6 Å². The average molecular weight is 408 g/mol. The van der Waals surface area contributed by atoms with Gasteiger partial charge >= 0.3 is 0 Å². The topological polar surface area (TPSA) is 9.23 Å². The number of allylic oxidation sites excluding steroid dienone is 1. The molecule has 1 fully saturated rings. The molecule has 1 heterocycles. The van der Waals surface area contributed by atoms with Crippen LogP contribution in [0.25, 0.3) is 22.3 Å². The fourth-order valence-corrected chi connectivity index (χ4v) is 3.99. The molecule has 0 aliphatic carbocycles. The minimum atomic E-state index is -0.868. The van der Waals surface area contributed by atoms with E-state index >= 15 is 0 Å². The van der Waals surface area contributed by atoms with Crippen molar-refractivity contribution in [2.24, 2.45) is 0 Å². The van der Waals surface area contributed by atoms with E-state index in [9.17, 15) is 13.2 Å². The maximum Gasteiger partial charge on any atom is 0.166 e. The van der Waals surface area contributed by atoms with Crippen LogP contribution in [-0.2, 0) is 11.2 Å². The van der Waals surface area contributed by atoms with Gasteiger partial charge in [0.2, 0.25) is 0 Å². The first-order valence-electron chi connectivity index (χ1n) is 10.1. The maximum atomic E-state index is 14.7. The Kier molecular flexibility index (Phi) is 6.05. The molecule has 0 aromatic heterocycles. The molecule has 3 aromatic carbocycles. The number of rotatable bonds is 5. The van der Waals surface area contributed by atoms with Gasteiger partial charge in [0, 0.05) is 18.1 Å². The Morgan fingerprint density at radius 1 is 0.900 bits per heavy atom. The number of hydrogen-bond donors (Lipinski definition) is 0. The van der Waals surface area contributed by atoms with E-state index in [2.05, 4.69) is 6.58 Å². The van der Waals surface area contributed by atoms with Gasteiger partial charge in [0.25, 0.3) is 0 Å². The number of hydrogen-bond acceptors (Lipinski definition) is 1. The van der Waals surface area contributed by atoms with E-state index in [4.69, 9.17) is 4.74 Å². The third-order valence-electron chi connectivity index (χ3n) is 5.66. The van der Waals surface area contributed by atoms with Crippen LogP contribution in [0.1, 0.15) is 29.9 Å². The molecule has 30 heavy (non-hydrogen) atoms. The second-order valence-electron chi connectivity index (χ2n) is 7.62. The van der Waals surface area contributed by atoms with Crippen LogP contribution in [0.5, 0.6) is 0 Å². The third kappa shape index (κ3) is 4.05. The molecule has 4 rings (SSSR count). The summed E-state index contributed by atoms with van der Waals surface area (Å²) in [6.45, 7) is 4.86. The minimum Gasteiger partial charge on any atom is -0.381 e. The van der Waals surface area contributed by atoms with E-state index in [-0.39, 0.29) is 29.3 Å². The van der Waals surface area contributed by atoms with Crippen molar-refractivity contribution in [1.29, 1.82) is 0 Å². The Morgan fingerprint density at radius 2 is 1.63 bits per heavy atom. The third-order valence-corrected chi connectivity index (χ3v) is 5.66. The lowest BCUT2D eigenvalue weighted by molar-refractivity contribution is 0.0794. The average Bonchev–Trinajstić information content (AvgIpc) is 2.78. The van der Waals surface area contributed by atoms with Crippen LogP contribution < -0.4 is 0 Å². The molecule has 1 aliphatic rings. The van der Waals surface area contributed by atoms with E-state index in [1.165, 1.54) is 12.1 Å². The lowest BCUT2D eigenvalue weighted by Crippen LogP contribution is -2.16. The van der Waals surface area contributed by atoms with Crippen LogP contribution in [0.2, 0.25) is 0 Å². The van der Waals surface area contributed by atoms with Crippen LogP contribution in [0.15, 0.2) is 67.3 Å². The van der Waals surface area contributed by atoms with Crippen molar-refractivity contribution in [1.82, 2.24) is 0 Å². The highest BCUT2D eigenvalue weighted by Gasteiger charge is 2.20. The fourth-order valence-electron chi connectivity index (χ4n) is 3.99. The molecular formula is C26H23F3O. The highest BCUT2D eigenvalue weighted by Crippen LogP contribution is 2.32. The summed E-state index contributed by atoms with van der Waals surface area (Å²) in [5.74, 6) is -1.86. The van der Waals surface area contributed by atoms with Crippen LogP contribution in [0.3, 0.4) is 0 Å². The van der Waals surface area contributed by atoms with Crippen molar-refractivity contribution in [3.63, 3.8) is 0 Å². The van der Waals surface area contributed by atoms with E-state index in [0.29, 0.717) is 17.7 Å². The van der Waals surface area contributed by atoms with E-state index in [0.717, 1.165) is 30.6 Å². The summed E-state index contributed by atoms with van der Waals surface area (Å²) in [5, 5.41) is 0. The molecular weight excluding hydrogens is 385 g/mol. The van der Waals surface area contributed by atoms with Gasteiger partial charge in [0.05, 0.1) is 6.61 Å². The van der Waals surface area contributed by atoms with Crippen molar-refractivity contribution >= 4 is 0 Å². The van der Waals surface area contributed by atoms with Gasteiger partial charge in [-0.1, -0.05) is 54.6 Å². The summed E-state index contributed by atoms with van der Waals surface area (Å²) in [7, 11) is 0. The second-order valence-corrected chi connectivity index (χ2v) is 7.62. The molecule has 1 atom stereocenters. The number of benzene rings is 3. The second kappa shape index (κ2) is 8.88. The SMILES string of the molecule is C=CCc1ccc(-c2ccc(-c3ccc(C4CCCOC4)c(F)c3)cc2)c(F)c1F. The number of ether oxygens (including phenoxy) is 1. The molecule has 1 saturated heterocycles. The predicted octanol–water partition coefficient (Wildman–Crippen LogP) is 7.06. The lowest BCUT2D eigenvalue weighted by Gasteiger charge is -2.23. The molecule has 1 nitrogen and oxygen atoms in total. The zero-order valence-electron chi connectivity index (χ0n) is 16.6. The highest BCUT2D eigenvalue weighted by atomic mass is 19.2. The van der Waals surface area contributed by atoms with E-state index in [1.54, 1.807) is 36.4 Å². The standard InChI is InChI=1S/C26H23F3O/c1-2-4-19-10-13-23(26(29)25(19)28)18-8-6-17(7-9-18)20-11-12-22(24(27)15-20)21-5-3-14-30-16-21/h2,6-13,15,21H,1,3-5,14,16H2. The zero-order chi connectivity index (χ0) is 21.1. The van der Waals surface area contributed by atoms with Gasteiger partial charge in [-0.3, -0.25) is 0 Å². The summed E-state index contributed by atoms with van der Waals surface area (Å²) in [6, 6.07) is 15.4. The van der Waals surface area contributed by atoms with Gasteiger partial charge in [-0.25, -0.2) is 13.2 Å². The monoisotopic (exact) mass is 408 g/mol. The molecule has 4 heteroatoms. The Hall–Kier alpha value is -2.85. The van der Waals surface area contributed by atoms with E-state index in [1.807, 2.05) is 12.1 Å². The molecule has 3 aromatic rings. The Balaban J connectivity index is 1.59. The first-order valence-corrected chi connectivity index (χ1v) is 10.1. The van der Waals surface area contributed by atoms with Crippen LogP contribution in [0.4, 0.5) is 13.2 Å². The molecule has 0 saturated carbocycles. The molecule has 1 aliphatic heterocycles. The van der Waals surface area contributed by atoms with Gasteiger partial charge < -0.3 is 4.74 Å². The van der Waals surface area contributed by atoms with Gasteiger partial charge in [0.15, 0.2) is 11.6 Å². The lowest BCUT2D eigenvalue weighted by atomic mass is 9.91. The quantitative estimate of drug-likeness (QED) is 0.411. The maximum absolute atomic E-state index is 14.7. The molecule has 154 valence electrons. The normalized spacial score (nSPS) is 16.4. The smallest absolute Gasteiger partial charge is 0.166 e. The summed E-state index contributed by atoms with van der Waals surface area (Å²) >= 11 is 0. The molecule has 0 radical (unpaired) electrons. The summed E-state index contributed by atoms with van der Waals surface area (Å²) < 4.78 is 48.9. The minimum absolute atomic E-state index is 0.0945. The van der Waals surface area contributed by atoms with Crippen molar-refractivity contribution < 1.29 is 17.9 Å². The highest BCUT2D eigenvalue weighted by molar-refractivity contribution is 5.71. The summed E-state index contributed by atoms with van der Waals surface area (Å²) in [6.07, 6.45) is 3.69. The van der Waals surface area contributed by atoms with Crippen molar-refractivity contribution in [2.75, 3.05) is 13.2 Å². The molecule has 0 bridgehead atoms. The zero-order valence-corrected chi connectivity index (χ0v) is 16.6. The Bertz CT molecular complexity index is 1050. The Morgan fingerprint density at radius 3 is 2.30 bits per heavy atom. The first kappa shape index (κ1) is 20.4. The molecule has 0 spiro atoms. The van der Waals surface area contributed by atoms with Crippen molar-refractivity contribution in [3.05, 3.63) is 95.8 Å². The van der Waals surface area contributed by atoms with Gasteiger partial charge in [-0.05, 0) is 53.1 Å². The first-order chi connectivity index (χ1) is 14.6. The van der Waals surface area contributed by atoms with Gasteiger partial charge in [-0.2, -0.15) is 0 Å².